The lowest BCUT2D eigenvalue weighted by atomic mass is 9.56. The minimum absolute atomic E-state index is 0.183. The fraction of sp³-hybridized carbons (Fsp3) is 0.361. The molecule has 0 aliphatic heterocycles. The molecule has 3 aliphatic carbocycles. The van der Waals surface area contributed by atoms with Crippen molar-refractivity contribution in [2.24, 2.45) is 7.05 Å². The van der Waals surface area contributed by atoms with Crippen LogP contribution in [0.5, 0.6) is 0 Å². The van der Waals surface area contributed by atoms with Crippen LogP contribution in [0.4, 0.5) is 0 Å². The predicted octanol–water partition coefficient (Wildman–Crippen LogP) is 8.50. The minimum Gasteiger partial charge on any atom is -0.201 e. The Bertz CT molecular complexity index is 1510. The van der Waals surface area contributed by atoms with Crippen molar-refractivity contribution in [3.8, 4) is 22.4 Å². The van der Waals surface area contributed by atoms with Gasteiger partial charge in [0, 0.05) is 28.0 Å². The van der Waals surface area contributed by atoms with Crippen LogP contribution in [-0.4, -0.2) is 0 Å². The van der Waals surface area contributed by atoms with E-state index in [0.29, 0.717) is 0 Å². The van der Waals surface area contributed by atoms with Gasteiger partial charge in [-0.3, -0.25) is 0 Å². The Labute approximate surface area is 222 Å². The fourth-order valence-electron chi connectivity index (χ4n) is 8.39. The average molecular weight is 485 g/mol. The molecule has 4 aromatic rings. The van der Waals surface area contributed by atoms with Crippen molar-refractivity contribution >= 4 is 0 Å². The summed E-state index contributed by atoms with van der Waals surface area (Å²) in [5.41, 5.74) is 15.0. The summed E-state index contributed by atoms with van der Waals surface area (Å²) < 4.78 is 2.29. The number of benzene rings is 3. The van der Waals surface area contributed by atoms with Gasteiger partial charge in [0.25, 0.3) is 0 Å². The van der Waals surface area contributed by atoms with Crippen LogP contribution in [0.3, 0.4) is 0 Å². The molecule has 37 heavy (non-hydrogen) atoms. The van der Waals surface area contributed by atoms with E-state index in [1.54, 1.807) is 22.3 Å². The number of hydrogen-bond acceptors (Lipinski definition) is 0. The first-order chi connectivity index (χ1) is 18.0. The van der Waals surface area contributed by atoms with E-state index in [4.69, 9.17) is 0 Å². The number of aromatic nitrogens is 1. The van der Waals surface area contributed by atoms with Gasteiger partial charge in [-0.25, -0.2) is 4.57 Å². The smallest absolute Gasteiger partial charge is 0.201 e. The van der Waals surface area contributed by atoms with E-state index in [1.807, 2.05) is 0 Å². The predicted molar refractivity (Wildman–Crippen MR) is 153 cm³/mol. The Balaban J connectivity index is 1.46. The normalized spacial score (nSPS) is 18.8. The third-order valence-corrected chi connectivity index (χ3v) is 10.1. The van der Waals surface area contributed by atoms with Crippen LogP contribution in [0.15, 0.2) is 79.0 Å². The van der Waals surface area contributed by atoms with E-state index >= 15 is 0 Å². The quantitative estimate of drug-likeness (QED) is 0.251. The molecular weight excluding hydrogens is 446 g/mol. The maximum absolute atomic E-state index is 2.63. The lowest BCUT2D eigenvalue weighted by Gasteiger charge is -2.47. The molecule has 0 amide bonds. The number of fused-ring (bicyclic) bond motifs is 6. The van der Waals surface area contributed by atoms with E-state index < -0.39 is 0 Å². The largest absolute Gasteiger partial charge is 0.213 e. The van der Waals surface area contributed by atoms with Gasteiger partial charge in [0.2, 0.25) is 5.69 Å². The minimum atomic E-state index is 0.183. The number of aryl methyl sites for hydroxylation is 3. The molecule has 3 aliphatic rings. The lowest BCUT2D eigenvalue weighted by Crippen LogP contribution is -2.40. The Hall–Kier alpha value is -3.19. The van der Waals surface area contributed by atoms with Gasteiger partial charge in [0.15, 0.2) is 6.20 Å². The van der Waals surface area contributed by atoms with Crippen LogP contribution in [0.2, 0.25) is 0 Å². The molecular formula is C36H38N+. The zero-order valence-corrected chi connectivity index (χ0v) is 22.6. The SMILES string of the molecule is Cc1c[n+](C)c(-c2ccccc2C)cc1-c1ccc2c(c1)C1(CCCC1)c1ccccc1C21CCCC1. The molecule has 1 nitrogen and oxygen atoms in total. The second kappa shape index (κ2) is 8.42. The summed E-state index contributed by atoms with van der Waals surface area (Å²) in [6.45, 7) is 4.49. The summed E-state index contributed by atoms with van der Waals surface area (Å²) in [6, 6.07) is 28.4. The third kappa shape index (κ3) is 3.26. The molecule has 0 atom stereocenters. The van der Waals surface area contributed by atoms with E-state index in [1.165, 1.54) is 84.9 Å². The molecule has 0 N–H and O–H groups in total. The summed E-state index contributed by atoms with van der Waals surface area (Å²) in [5, 5.41) is 0. The number of pyridine rings is 1. The van der Waals surface area contributed by atoms with Crippen LogP contribution in [0, 0.1) is 13.8 Å². The first kappa shape index (κ1) is 23.0. The molecule has 1 aromatic heterocycles. The maximum atomic E-state index is 2.63. The van der Waals surface area contributed by atoms with Crippen molar-refractivity contribution in [1.29, 1.82) is 0 Å². The van der Waals surface area contributed by atoms with Gasteiger partial charge in [0.1, 0.15) is 7.05 Å². The van der Waals surface area contributed by atoms with Crippen molar-refractivity contribution < 1.29 is 4.57 Å². The Kier molecular flexibility index (Phi) is 5.22. The van der Waals surface area contributed by atoms with Crippen molar-refractivity contribution in [2.75, 3.05) is 0 Å². The van der Waals surface area contributed by atoms with Crippen LogP contribution < -0.4 is 4.57 Å². The molecule has 0 radical (unpaired) electrons. The summed E-state index contributed by atoms with van der Waals surface area (Å²) in [5.74, 6) is 0. The Morgan fingerprint density at radius 2 is 1.14 bits per heavy atom. The number of nitrogens with zero attached hydrogens (tertiary/aromatic N) is 1. The van der Waals surface area contributed by atoms with Crippen molar-refractivity contribution in [3.63, 3.8) is 0 Å². The van der Waals surface area contributed by atoms with E-state index in [9.17, 15) is 0 Å². The zero-order chi connectivity index (χ0) is 25.2. The molecule has 1 heteroatoms. The van der Waals surface area contributed by atoms with Gasteiger partial charge < -0.3 is 0 Å². The molecule has 1 heterocycles. The molecule has 7 rings (SSSR count). The topological polar surface area (TPSA) is 3.88 Å². The van der Waals surface area contributed by atoms with Crippen LogP contribution in [-0.2, 0) is 17.9 Å². The van der Waals surface area contributed by atoms with Crippen LogP contribution in [0.25, 0.3) is 22.4 Å². The van der Waals surface area contributed by atoms with Crippen LogP contribution in [0.1, 0.15) is 84.7 Å². The molecule has 0 saturated heterocycles. The molecule has 186 valence electrons. The zero-order valence-electron chi connectivity index (χ0n) is 22.6. The molecule has 0 unspecified atom stereocenters. The second-order valence-corrected chi connectivity index (χ2v) is 12.1. The second-order valence-electron chi connectivity index (χ2n) is 12.1. The Morgan fingerprint density at radius 3 is 1.78 bits per heavy atom. The first-order valence-electron chi connectivity index (χ1n) is 14.4. The average Bonchev–Trinajstić information content (AvgIpc) is 3.60. The van der Waals surface area contributed by atoms with Crippen molar-refractivity contribution in [3.05, 3.63) is 112 Å². The standard InChI is InChI=1S/C36H38N/c1-25-12-4-5-13-28(25)34-23-29(26(2)24-37(34)3)27-16-17-32-33(22-27)36(20-10-11-21-36)31-15-7-6-14-30(31)35(32)18-8-9-19-35/h4-7,12-17,22-24H,8-11,18-21H2,1-3H3/q+1. The highest BCUT2D eigenvalue weighted by atomic mass is 14.9. The van der Waals surface area contributed by atoms with Crippen molar-refractivity contribution in [2.45, 2.75) is 76.0 Å². The van der Waals surface area contributed by atoms with Gasteiger partial charge in [-0.05, 0) is 90.6 Å². The highest BCUT2D eigenvalue weighted by molar-refractivity contribution is 5.75. The van der Waals surface area contributed by atoms with Gasteiger partial charge in [-0.15, -0.1) is 0 Å². The molecule has 2 spiro atoms. The van der Waals surface area contributed by atoms with E-state index in [2.05, 4.69) is 104 Å². The van der Waals surface area contributed by atoms with E-state index in [-0.39, 0.29) is 10.8 Å². The summed E-state index contributed by atoms with van der Waals surface area (Å²) in [7, 11) is 2.18. The van der Waals surface area contributed by atoms with Crippen molar-refractivity contribution in [1.82, 2.24) is 0 Å². The summed E-state index contributed by atoms with van der Waals surface area (Å²) in [4.78, 5) is 0. The monoisotopic (exact) mass is 484 g/mol. The first-order valence-corrected chi connectivity index (χ1v) is 14.4. The third-order valence-electron chi connectivity index (χ3n) is 10.1. The summed E-state index contributed by atoms with van der Waals surface area (Å²) in [6.07, 6.45) is 12.8. The molecule has 2 saturated carbocycles. The Morgan fingerprint density at radius 1 is 0.568 bits per heavy atom. The van der Waals surface area contributed by atoms with Gasteiger partial charge in [0.05, 0.1) is 0 Å². The lowest BCUT2D eigenvalue weighted by molar-refractivity contribution is -0.660. The van der Waals surface area contributed by atoms with Crippen LogP contribution >= 0.6 is 0 Å². The highest BCUT2D eigenvalue weighted by Crippen LogP contribution is 2.61. The molecule has 0 bridgehead atoms. The molecule has 2 fully saturated rings. The fourth-order valence-corrected chi connectivity index (χ4v) is 8.39. The van der Waals surface area contributed by atoms with E-state index in [0.717, 1.165) is 0 Å². The van der Waals surface area contributed by atoms with Gasteiger partial charge in [-0.1, -0.05) is 80.3 Å². The number of rotatable bonds is 2. The number of hydrogen-bond donors (Lipinski definition) is 0. The van der Waals surface area contributed by atoms with Gasteiger partial charge in [-0.2, -0.15) is 0 Å². The maximum Gasteiger partial charge on any atom is 0.213 e. The highest BCUT2D eigenvalue weighted by Gasteiger charge is 2.52. The molecule has 3 aromatic carbocycles. The summed E-state index contributed by atoms with van der Waals surface area (Å²) >= 11 is 0. The van der Waals surface area contributed by atoms with Gasteiger partial charge >= 0.3 is 0 Å².